The minimum absolute atomic E-state index is 0.00307. The molecule has 1 atom stereocenters. The van der Waals surface area contributed by atoms with Gasteiger partial charge in [-0.2, -0.15) is 0 Å². The molecule has 25 heavy (non-hydrogen) atoms. The number of nitrogens with one attached hydrogen (secondary N) is 1. The maximum absolute atomic E-state index is 13.1. The number of nitrogens with zero attached hydrogens (tertiary/aromatic N) is 2. The lowest BCUT2D eigenvalue weighted by atomic mass is 9.94. The number of aromatic nitrogens is 1. The van der Waals surface area contributed by atoms with Crippen LogP contribution in [-0.2, 0) is 9.59 Å². The molecule has 1 unspecified atom stereocenters. The van der Waals surface area contributed by atoms with Crippen LogP contribution in [0.1, 0.15) is 38.7 Å². The first kappa shape index (κ1) is 19.1. The maximum Gasteiger partial charge on any atom is 0.245 e. The molecule has 0 fully saturated rings. The molecule has 2 rings (SSSR count). The van der Waals surface area contributed by atoms with Gasteiger partial charge in [-0.1, -0.05) is 51.1 Å². The van der Waals surface area contributed by atoms with Crippen molar-refractivity contribution in [2.24, 2.45) is 5.92 Å². The van der Waals surface area contributed by atoms with E-state index >= 15 is 0 Å². The molecule has 134 valence electrons. The number of hydrogen-bond acceptors (Lipinski definition) is 4. The minimum Gasteiger partial charge on any atom is -0.333 e. The first-order chi connectivity index (χ1) is 12.0. The third-order valence-corrected chi connectivity index (χ3v) is 4.51. The number of thiazole rings is 1. The highest BCUT2D eigenvalue weighted by Crippen LogP contribution is 2.22. The van der Waals surface area contributed by atoms with Gasteiger partial charge in [0, 0.05) is 18.1 Å². The summed E-state index contributed by atoms with van der Waals surface area (Å²) in [6.07, 6.45) is 2.34. The number of hydrogen-bond donors (Lipinski definition) is 1. The molecular weight excluding hydrogens is 334 g/mol. The smallest absolute Gasteiger partial charge is 0.245 e. The molecule has 2 aromatic rings. The predicted octanol–water partition coefficient (Wildman–Crippen LogP) is 3.76. The monoisotopic (exact) mass is 359 g/mol. The molecule has 0 aliphatic rings. The quantitative estimate of drug-likeness (QED) is 0.780. The Labute approximate surface area is 153 Å². The Morgan fingerprint density at radius 3 is 2.52 bits per heavy atom. The van der Waals surface area contributed by atoms with Gasteiger partial charge in [-0.15, -0.1) is 11.3 Å². The van der Waals surface area contributed by atoms with Gasteiger partial charge >= 0.3 is 0 Å². The zero-order valence-electron chi connectivity index (χ0n) is 14.9. The normalized spacial score (nSPS) is 12.0. The van der Waals surface area contributed by atoms with E-state index in [0.29, 0.717) is 18.1 Å². The van der Waals surface area contributed by atoms with E-state index in [1.807, 2.05) is 51.1 Å². The van der Waals surface area contributed by atoms with Crippen molar-refractivity contribution in [3.05, 3.63) is 47.5 Å². The van der Waals surface area contributed by atoms with E-state index in [1.165, 1.54) is 11.3 Å². The lowest BCUT2D eigenvalue weighted by Crippen LogP contribution is -2.42. The fourth-order valence-electron chi connectivity index (χ4n) is 2.75. The van der Waals surface area contributed by atoms with E-state index in [2.05, 4.69) is 10.3 Å². The predicted molar refractivity (Wildman–Crippen MR) is 102 cm³/mol. The molecule has 0 aliphatic heterocycles. The van der Waals surface area contributed by atoms with Crippen LogP contribution in [0, 0.1) is 5.92 Å². The molecular formula is C19H25N3O2S. The van der Waals surface area contributed by atoms with Crippen LogP contribution in [0.25, 0.3) is 0 Å². The third-order valence-electron chi connectivity index (χ3n) is 3.82. The lowest BCUT2D eigenvalue weighted by molar-refractivity contribution is -0.136. The molecule has 0 radical (unpaired) electrons. The van der Waals surface area contributed by atoms with Gasteiger partial charge in [0.15, 0.2) is 5.13 Å². The summed E-state index contributed by atoms with van der Waals surface area (Å²) in [7, 11) is 0. The second kappa shape index (κ2) is 9.32. The highest BCUT2D eigenvalue weighted by atomic mass is 32.1. The van der Waals surface area contributed by atoms with E-state index in [-0.39, 0.29) is 30.2 Å². The Morgan fingerprint density at radius 2 is 1.96 bits per heavy atom. The van der Waals surface area contributed by atoms with Gasteiger partial charge in [-0.3, -0.25) is 9.59 Å². The molecule has 0 spiro atoms. The van der Waals surface area contributed by atoms with E-state index in [4.69, 9.17) is 0 Å². The van der Waals surface area contributed by atoms with Crippen molar-refractivity contribution < 1.29 is 9.59 Å². The van der Waals surface area contributed by atoms with Crippen molar-refractivity contribution in [2.75, 3.05) is 18.4 Å². The number of amides is 2. The van der Waals surface area contributed by atoms with Crippen molar-refractivity contribution in [1.82, 2.24) is 9.88 Å². The lowest BCUT2D eigenvalue weighted by Gasteiger charge is -2.28. The van der Waals surface area contributed by atoms with E-state index in [0.717, 1.165) is 5.56 Å². The molecule has 0 bridgehead atoms. The SMILES string of the molecule is CCC(C(=O)N(CC(=O)Nc1nccs1)CC(C)C)c1ccccc1. The Hall–Kier alpha value is -2.21. The van der Waals surface area contributed by atoms with Crippen molar-refractivity contribution in [3.63, 3.8) is 0 Å². The van der Waals surface area contributed by atoms with Gasteiger partial charge in [0.1, 0.15) is 0 Å². The zero-order valence-corrected chi connectivity index (χ0v) is 15.8. The minimum atomic E-state index is -0.229. The van der Waals surface area contributed by atoms with Crippen LogP contribution in [0.5, 0.6) is 0 Å². The fourth-order valence-corrected chi connectivity index (χ4v) is 3.29. The topological polar surface area (TPSA) is 62.3 Å². The molecule has 0 aliphatic carbocycles. The summed E-state index contributed by atoms with van der Waals surface area (Å²) in [4.78, 5) is 31.1. The van der Waals surface area contributed by atoms with Gasteiger partial charge in [0.05, 0.1) is 12.5 Å². The van der Waals surface area contributed by atoms with Gasteiger partial charge in [0.25, 0.3) is 0 Å². The Balaban J connectivity index is 2.11. The summed E-state index contributed by atoms with van der Waals surface area (Å²) in [5, 5.41) is 5.11. The van der Waals surface area contributed by atoms with Crippen LogP contribution < -0.4 is 5.32 Å². The largest absolute Gasteiger partial charge is 0.333 e. The third kappa shape index (κ3) is 5.67. The van der Waals surface area contributed by atoms with E-state index in [1.54, 1.807) is 16.5 Å². The molecule has 1 aromatic carbocycles. The highest BCUT2D eigenvalue weighted by Gasteiger charge is 2.26. The summed E-state index contributed by atoms with van der Waals surface area (Å²) >= 11 is 1.36. The Kier molecular flexibility index (Phi) is 7.13. The van der Waals surface area contributed by atoms with Gasteiger partial charge in [-0.05, 0) is 17.9 Å². The van der Waals surface area contributed by atoms with Crippen LogP contribution in [0.3, 0.4) is 0 Å². The summed E-state index contributed by atoms with van der Waals surface area (Å²) in [5.74, 6) is -0.166. The van der Waals surface area contributed by atoms with Crippen LogP contribution in [-0.4, -0.2) is 34.8 Å². The average Bonchev–Trinajstić information content (AvgIpc) is 3.08. The van der Waals surface area contributed by atoms with Crippen molar-refractivity contribution >= 4 is 28.3 Å². The first-order valence-electron chi connectivity index (χ1n) is 8.54. The van der Waals surface area contributed by atoms with Crippen LogP contribution in [0.2, 0.25) is 0 Å². The first-order valence-corrected chi connectivity index (χ1v) is 9.42. The molecule has 1 aromatic heterocycles. The maximum atomic E-state index is 13.1. The summed E-state index contributed by atoms with van der Waals surface area (Å²) < 4.78 is 0. The summed E-state index contributed by atoms with van der Waals surface area (Å²) in [5.41, 5.74) is 0.990. The van der Waals surface area contributed by atoms with Crippen molar-refractivity contribution in [2.45, 2.75) is 33.1 Å². The number of anilines is 1. The number of rotatable bonds is 8. The zero-order chi connectivity index (χ0) is 18.2. The molecule has 1 N–H and O–H groups in total. The highest BCUT2D eigenvalue weighted by molar-refractivity contribution is 7.13. The molecule has 0 saturated heterocycles. The summed E-state index contributed by atoms with van der Waals surface area (Å²) in [6, 6.07) is 9.75. The van der Waals surface area contributed by atoms with Crippen molar-refractivity contribution in [3.8, 4) is 0 Å². The van der Waals surface area contributed by atoms with Crippen LogP contribution in [0.15, 0.2) is 41.9 Å². The standard InChI is InChI=1S/C19H25N3O2S/c1-4-16(15-8-6-5-7-9-15)18(24)22(12-14(2)3)13-17(23)21-19-20-10-11-25-19/h5-11,14,16H,4,12-13H2,1-3H3,(H,20,21,23). The van der Waals surface area contributed by atoms with E-state index in [9.17, 15) is 9.59 Å². The van der Waals surface area contributed by atoms with Crippen molar-refractivity contribution in [1.29, 1.82) is 0 Å². The molecule has 1 heterocycles. The summed E-state index contributed by atoms with van der Waals surface area (Å²) in [6.45, 7) is 6.68. The molecule has 6 heteroatoms. The second-order valence-electron chi connectivity index (χ2n) is 6.37. The average molecular weight is 359 g/mol. The number of carbonyl (C=O) groups is 2. The number of carbonyl (C=O) groups excluding carboxylic acids is 2. The van der Waals surface area contributed by atoms with Gasteiger partial charge in [-0.25, -0.2) is 4.98 Å². The molecule has 2 amide bonds. The molecule has 5 nitrogen and oxygen atoms in total. The Bertz CT molecular complexity index is 671. The van der Waals surface area contributed by atoms with Gasteiger partial charge in [0.2, 0.25) is 11.8 Å². The second-order valence-corrected chi connectivity index (χ2v) is 7.26. The Morgan fingerprint density at radius 1 is 1.24 bits per heavy atom. The van der Waals surface area contributed by atoms with Gasteiger partial charge < -0.3 is 10.2 Å². The fraction of sp³-hybridized carbons (Fsp3) is 0.421. The van der Waals surface area contributed by atoms with Crippen LogP contribution in [0.4, 0.5) is 5.13 Å². The van der Waals surface area contributed by atoms with Crippen LogP contribution >= 0.6 is 11.3 Å². The molecule has 0 saturated carbocycles. The van der Waals surface area contributed by atoms with E-state index < -0.39 is 0 Å². The number of benzene rings is 1.